The Hall–Kier alpha value is -2.56. The molecule has 2 heterocycles. The van der Waals surface area contributed by atoms with Crippen molar-refractivity contribution in [1.29, 1.82) is 0 Å². The van der Waals surface area contributed by atoms with Gasteiger partial charge in [-0.2, -0.15) is 0 Å². The zero-order chi connectivity index (χ0) is 16.7. The van der Waals surface area contributed by atoms with E-state index < -0.39 is 0 Å². The first-order valence-corrected chi connectivity index (χ1v) is 8.45. The standard InChI is InChI=1S/C19H21N3O2/c1-13(14-7-10-20-17(23)11-14)21-18(24)22-12-19(8-4-9-19)15-5-2-3-6-16(15)22/h2-3,5-7,10-11,13H,4,8-9,12H2,1H3,(H,20,23)(H,21,24). The largest absolute Gasteiger partial charge is 0.331 e. The van der Waals surface area contributed by atoms with E-state index in [-0.39, 0.29) is 23.0 Å². The number of H-pyrrole nitrogens is 1. The van der Waals surface area contributed by atoms with Crippen LogP contribution in [0.2, 0.25) is 0 Å². The maximum Gasteiger partial charge on any atom is 0.322 e. The zero-order valence-corrected chi connectivity index (χ0v) is 13.7. The van der Waals surface area contributed by atoms with Crippen LogP contribution in [0.3, 0.4) is 0 Å². The molecule has 1 atom stereocenters. The molecule has 2 aliphatic rings. The first kappa shape index (κ1) is 15.0. The molecule has 1 unspecified atom stereocenters. The van der Waals surface area contributed by atoms with Gasteiger partial charge in [0.15, 0.2) is 0 Å². The second-order valence-corrected chi connectivity index (χ2v) is 6.89. The van der Waals surface area contributed by atoms with E-state index in [4.69, 9.17) is 0 Å². The third kappa shape index (κ3) is 2.31. The van der Waals surface area contributed by atoms with Crippen molar-refractivity contribution in [1.82, 2.24) is 10.3 Å². The van der Waals surface area contributed by atoms with Crippen molar-refractivity contribution in [3.63, 3.8) is 0 Å². The average Bonchev–Trinajstić information content (AvgIpc) is 2.90. The highest BCUT2D eigenvalue weighted by Gasteiger charge is 2.48. The maximum absolute atomic E-state index is 12.8. The summed E-state index contributed by atoms with van der Waals surface area (Å²) in [5.41, 5.74) is 3.12. The molecule has 1 fully saturated rings. The number of benzene rings is 1. The molecule has 1 aromatic heterocycles. The highest BCUT2D eigenvalue weighted by Crippen LogP contribution is 2.52. The Morgan fingerprint density at radius 3 is 2.79 bits per heavy atom. The van der Waals surface area contributed by atoms with Crippen LogP contribution in [-0.2, 0) is 5.41 Å². The number of aromatic amines is 1. The van der Waals surface area contributed by atoms with Gasteiger partial charge in [-0.15, -0.1) is 0 Å². The number of rotatable bonds is 2. The molecule has 2 amide bonds. The molecule has 0 bridgehead atoms. The lowest BCUT2D eigenvalue weighted by Crippen LogP contribution is -2.45. The van der Waals surface area contributed by atoms with E-state index in [0.717, 1.165) is 30.6 Å². The van der Waals surface area contributed by atoms with Gasteiger partial charge in [0.05, 0.1) is 6.04 Å². The maximum atomic E-state index is 12.8. The minimum Gasteiger partial charge on any atom is -0.331 e. The Bertz CT molecular complexity index is 838. The fourth-order valence-corrected chi connectivity index (χ4v) is 3.92. The van der Waals surface area contributed by atoms with Crippen LogP contribution < -0.4 is 15.8 Å². The van der Waals surface area contributed by atoms with Gasteiger partial charge in [-0.25, -0.2) is 4.79 Å². The molecule has 1 aromatic carbocycles. The summed E-state index contributed by atoms with van der Waals surface area (Å²) in [7, 11) is 0. The average molecular weight is 323 g/mol. The van der Waals surface area contributed by atoms with Crippen LogP contribution in [0.4, 0.5) is 10.5 Å². The van der Waals surface area contributed by atoms with Gasteiger partial charge in [-0.05, 0) is 43.0 Å². The van der Waals surface area contributed by atoms with Crippen LogP contribution in [0.15, 0.2) is 47.4 Å². The van der Waals surface area contributed by atoms with Crippen molar-refractivity contribution in [3.05, 3.63) is 64.1 Å². The summed E-state index contributed by atoms with van der Waals surface area (Å²) < 4.78 is 0. The third-order valence-corrected chi connectivity index (χ3v) is 5.42. The van der Waals surface area contributed by atoms with Crippen LogP contribution in [0, 0.1) is 0 Å². The quantitative estimate of drug-likeness (QED) is 0.892. The van der Waals surface area contributed by atoms with Gasteiger partial charge < -0.3 is 10.3 Å². The summed E-state index contributed by atoms with van der Waals surface area (Å²) in [6, 6.07) is 11.2. The van der Waals surface area contributed by atoms with Crippen molar-refractivity contribution >= 4 is 11.7 Å². The second kappa shape index (κ2) is 5.51. The van der Waals surface area contributed by atoms with Crippen molar-refractivity contribution in [2.45, 2.75) is 37.6 Å². The molecule has 1 aliphatic heterocycles. The Morgan fingerprint density at radius 1 is 1.29 bits per heavy atom. The van der Waals surface area contributed by atoms with Crippen molar-refractivity contribution in [2.24, 2.45) is 0 Å². The minimum absolute atomic E-state index is 0.0981. The number of carbonyl (C=O) groups excluding carboxylic acids is 1. The number of hydrogen-bond acceptors (Lipinski definition) is 2. The number of fused-ring (bicyclic) bond motifs is 2. The number of hydrogen-bond donors (Lipinski definition) is 2. The highest BCUT2D eigenvalue weighted by molar-refractivity contribution is 5.95. The van der Waals surface area contributed by atoms with Crippen molar-refractivity contribution in [2.75, 3.05) is 11.4 Å². The van der Waals surface area contributed by atoms with Gasteiger partial charge in [0, 0.05) is 29.9 Å². The molecule has 124 valence electrons. The van der Waals surface area contributed by atoms with Gasteiger partial charge in [-0.3, -0.25) is 9.69 Å². The molecule has 4 rings (SSSR count). The van der Waals surface area contributed by atoms with Crippen molar-refractivity contribution < 1.29 is 4.79 Å². The molecule has 5 nitrogen and oxygen atoms in total. The zero-order valence-electron chi connectivity index (χ0n) is 13.7. The highest BCUT2D eigenvalue weighted by atomic mass is 16.2. The fraction of sp³-hybridized carbons (Fsp3) is 0.368. The first-order chi connectivity index (χ1) is 11.6. The minimum atomic E-state index is -0.218. The summed E-state index contributed by atoms with van der Waals surface area (Å²) in [6.07, 6.45) is 5.14. The number of carbonyl (C=O) groups is 1. The molecule has 0 saturated heterocycles. The van der Waals surface area contributed by atoms with Crippen LogP contribution >= 0.6 is 0 Å². The Balaban J connectivity index is 1.56. The number of aromatic nitrogens is 1. The lowest BCUT2D eigenvalue weighted by atomic mass is 9.66. The van der Waals surface area contributed by atoms with E-state index in [2.05, 4.69) is 22.4 Å². The Morgan fingerprint density at radius 2 is 2.08 bits per heavy atom. The molecule has 0 radical (unpaired) electrons. The number of nitrogens with one attached hydrogen (secondary N) is 2. The summed E-state index contributed by atoms with van der Waals surface area (Å²) >= 11 is 0. The first-order valence-electron chi connectivity index (χ1n) is 8.45. The van der Waals surface area contributed by atoms with Gasteiger partial charge >= 0.3 is 6.03 Å². The normalized spacial score (nSPS) is 18.8. The predicted molar refractivity (Wildman–Crippen MR) is 93.3 cm³/mol. The van der Waals surface area contributed by atoms with Gasteiger partial charge in [0.25, 0.3) is 0 Å². The molecule has 1 saturated carbocycles. The number of amides is 2. The van der Waals surface area contributed by atoms with E-state index in [1.165, 1.54) is 18.1 Å². The van der Waals surface area contributed by atoms with Crippen LogP contribution in [0.5, 0.6) is 0 Å². The number of nitrogens with zero attached hydrogens (tertiary/aromatic N) is 1. The van der Waals surface area contributed by atoms with Gasteiger partial charge in [0.1, 0.15) is 0 Å². The third-order valence-electron chi connectivity index (χ3n) is 5.42. The molecule has 1 spiro atoms. The van der Waals surface area contributed by atoms with E-state index in [0.29, 0.717) is 0 Å². The topological polar surface area (TPSA) is 65.2 Å². The summed E-state index contributed by atoms with van der Waals surface area (Å²) in [4.78, 5) is 28.7. The number of pyridine rings is 1. The SMILES string of the molecule is CC(NC(=O)N1CC2(CCC2)c2ccccc21)c1cc[nH]c(=O)c1. The monoisotopic (exact) mass is 323 g/mol. The molecule has 1 aliphatic carbocycles. The van der Waals surface area contributed by atoms with E-state index in [1.807, 2.05) is 30.0 Å². The molecular weight excluding hydrogens is 302 g/mol. The summed E-state index contributed by atoms with van der Waals surface area (Å²) in [5, 5.41) is 3.03. The van der Waals surface area contributed by atoms with Crippen LogP contribution in [0.25, 0.3) is 0 Å². The summed E-state index contributed by atoms with van der Waals surface area (Å²) in [6.45, 7) is 2.65. The molecular formula is C19H21N3O2. The fourth-order valence-electron chi connectivity index (χ4n) is 3.92. The predicted octanol–water partition coefficient (Wildman–Crippen LogP) is 3.09. The molecule has 24 heavy (non-hydrogen) atoms. The van der Waals surface area contributed by atoms with Crippen molar-refractivity contribution in [3.8, 4) is 0 Å². The van der Waals surface area contributed by atoms with Gasteiger partial charge in [-0.1, -0.05) is 24.6 Å². The Kier molecular flexibility index (Phi) is 3.44. The molecule has 5 heteroatoms. The molecule has 2 N–H and O–H groups in total. The van der Waals surface area contributed by atoms with Crippen LogP contribution in [0.1, 0.15) is 43.4 Å². The number of anilines is 1. The number of urea groups is 1. The van der Waals surface area contributed by atoms with Gasteiger partial charge in [0.2, 0.25) is 5.56 Å². The van der Waals surface area contributed by atoms with Crippen LogP contribution in [-0.4, -0.2) is 17.6 Å². The van der Waals surface area contributed by atoms with E-state index >= 15 is 0 Å². The lowest BCUT2D eigenvalue weighted by Gasteiger charge is -2.39. The Labute approximate surface area is 140 Å². The smallest absolute Gasteiger partial charge is 0.322 e. The van der Waals surface area contributed by atoms with E-state index in [9.17, 15) is 9.59 Å². The second-order valence-electron chi connectivity index (χ2n) is 6.89. The van der Waals surface area contributed by atoms with E-state index in [1.54, 1.807) is 6.20 Å². The lowest BCUT2D eigenvalue weighted by molar-refractivity contribution is 0.233. The molecule has 2 aromatic rings. The summed E-state index contributed by atoms with van der Waals surface area (Å²) in [5.74, 6) is 0. The number of para-hydroxylation sites is 1.